The molecule has 0 aliphatic heterocycles. The molecule has 0 amide bonds. The molecule has 0 spiro atoms. The predicted octanol–water partition coefficient (Wildman–Crippen LogP) is 1.93. The van der Waals surface area contributed by atoms with E-state index in [2.05, 4.69) is 0 Å². The average Bonchev–Trinajstić information content (AvgIpc) is 2.40. The largest absolute Gasteiger partial charge is 0.295 e. The van der Waals surface area contributed by atoms with Crippen LogP contribution in [0.15, 0.2) is 11.6 Å². The van der Waals surface area contributed by atoms with Crippen molar-refractivity contribution in [3.05, 3.63) is 11.6 Å². The zero-order chi connectivity index (χ0) is 6.85. The highest BCUT2D eigenvalue weighted by atomic mass is 16.1. The molecule has 1 aliphatic rings. The average molecular weight is 124 g/mol. The first-order valence-electron chi connectivity index (χ1n) is 3.39. The van der Waals surface area contributed by atoms with Gasteiger partial charge >= 0.3 is 0 Å². The third kappa shape index (κ3) is 2.00. The van der Waals surface area contributed by atoms with E-state index in [1.54, 1.807) is 13.0 Å². The van der Waals surface area contributed by atoms with Gasteiger partial charge in [0.15, 0.2) is 5.78 Å². The third-order valence-electron chi connectivity index (χ3n) is 1.65. The lowest BCUT2D eigenvalue weighted by Gasteiger charge is -1.91. The van der Waals surface area contributed by atoms with E-state index in [9.17, 15) is 4.79 Å². The Hall–Kier alpha value is -0.590. The van der Waals surface area contributed by atoms with Crippen LogP contribution in [-0.4, -0.2) is 5.78 Å². The number of hydrogen-bond acceptors (Lipinski definition) is 1. The molecule has 1 heteroatoms. The van der Waals surface area contributed by atoms with Crippen molar-refractivity contribution in [2.75, 3.05) is 0 Å². The summed E-state index contributed by atoms with van der Waals surface area (Å²) in [4.78, 5) is 10.5. The Balaban J connectivity index is 2.47. The van der Waals surface area contributed by atoms with Gasteiger partial charge in [-0.1, -0.05) is 5.57 Å². The zero-order valence-corrected chi connectivity index (χ0v) is 5.98. The number of ketones is 1. The van der Waals surface area contributed by atoms with Crippen LogP contribution in [0.5, 0.6) is 0 Å². The van der Waals surface area contributed by atoms with E-state index in [4.69, 9.17) is 0 Å². The quantitative estimate of drug-likeness (QED) is 0.514. The van der Waals surface area contributed by atoms with Crippen molar-refractivity contribution in [2.24, 2.45) is 5.92 Å². The maximum atomic E-state index is 10.5. The van der Waals surface area contributed by atoms with Crippen LogP contribution in [0.3, 0.4) is 0 Å². The van der Waals surface area contributed by atoms with E-state index in [0.29, 0.717) is 0 Å². The van der Waals surface area contributed by atoms with Gasteiger partial charge in [0.25, 0.3) is 0 Å². The summed E-state index contributed by atoms with van der Waals surface area (Å²) in [6, 6.07) is 0. The molecule has 0 saturated heterocycles. The fourth-order valence-corrected chi connectivity index (χ4v) is 0.977. The maximum absolute atomic E-state index is 10.5. The highest BCUT2D eigenvalue weighted by Crippen LogP contribution is 2.35. The van der Waals surface area contributed by atoms with Crippen molar-refractivity contribution >= 4 is 5.78 Å². The van der Waals surface area contributed by atoms with E-state index >= 15 is 0 Å². The molecule has 1 rings (SSSR count). The summed E-state index contributed by atoms with van der Waals surface area (Å²) in [6.07, 6.45) is 4.32. The molecule has 1 fully saturated rings. The van der Waals surface area contributed by atoms with Crippen LogP contribution in [-0.2, 0) is 4.79 Å². The van der Waals surface area contributed by atoms with Gasteiger partial charge in [-0.2, -0.15) is 0 Å². The molecule has 1 nitrogen and oxygen atoms in total. The van der Waals surface area contributed by atoms with Crippen LogP contribution in [0.4, 0.5) is 0 Å². The SMILES string of the molecule is CC(=O)/C=C(/C)C1CC1. The van der Waals surface area contributed by atoms with Crippen LogP contribution >= 0.6 is 0 Å². The van der Waals surface area contributed by atoms with Gasteiger partial charge in [-0.15, -0.1) is 0 Å². The molecule has 0 aromatic carbocycles. The lowest BCUT2D eigenvalue weighted by atomic mass is 10.1. The van der Waals surface area contributed by atoms with Crippen LogP contribution in [0, 0.1) is 5.92 Å². The first-order chi connectivity index (χ1) is 4.20. The molecule has 9 heavy (non-hydrogen) atoms. The van der Waals surface area contributed by atoms with Gasteiger partial charge in [-0.3, -0.25) is 4.79 Å². The molecule has 0 heterocycles. The molecule has 0 radical (unpaired) electrons. The summed E-state index contributed by atoms with van der Waals surface area (Å²) in [5, 5.41) is 0. The van der Waals surface area contributed by atoms with Gasteiger partial charge < -0.3 is 0 Å². The molecule has 50 valence electrons. The minimum atomic E-state index is 0.180. The second-order valence-corrected chi connectivity index (χ2v) is 2.77. The summed E-state index contributed by atoms with van der Waals surface area (Å²) in [5.74, 6) is 0.924. The molecule has 0 aromatic heterocycles. The Morgan fingerprint density at radius 1 is 1.44 bits per heavy atom. The minimum absolute atomic E-state index is 0.180. The van der Waals surface area contributed by atoms with Gasteiger partial charge in [0.05, 0.1) is 0 Å². The van der Waals surface area contributed by atoms with Gasteiger partial charge in [-0.05, 0) is 38.7 Å². The summed E-state index contributed by atoms with van der Waals surface area (Å²) in [7, 11) is 0. The number of rotatable bonds is 2. The van der Waals surface area contributed by atoms with Crippen LogP contribution in [0.25, 0.3) is 0 Å². The molecule has 0 bridgehead atoms. The smallest absolute Gasteiger partial charge is 0.152 e. The van der Waals surface area contributed by atoms with E-state index < -0.39 is 0 Å². The Morgan fingerprint density at radius 3 is 2.33 bits per heavy atom. The summed E-state index contributed by atoms with van der Waals surface area (Å²) in [6.45, 7) is 3.64. The Labute approximate surface area is 55.8 Å². The summed E-state index contributed by atoms with van der Waals surface area (Å²) < 4.78 is 0. The molecule has 0 aromatic rings. The molecular weight excluding hydrogens is 112 g/mol. The van der Waals surface area contributed by atoms with Crippen LogP contribution in [0.2, 0.25) is 0 Å². The van der Waals surface area contributed by atoms with Crippen molar-refractivity contribution in [1.82, 2.24) is 0 Å². The summed E-state index contributed by atoms with van der Waals surface area (Å²) in [5.41, 5.74) is 1.27. The van der Waals surface area contributed by atoms with Crippen molar-refractivity contribution in [1.29, 1.82) is 0 Å². The zero-order valence-electron chi connectivity index (χ0n) is 5.98. The van der Waals surface area contributed by atoms with E-state index in [1.165, 1.54) is 18.4 Å². The first-order valence-corrected chi connectivity index (χ1v) is 3.39. The molecule has 0 atom stereocenters. The van der Waals surface area contributed by atoms with E-state index in [-0.39, 0.29) is 5.78 Å². The number of carbonyl (C=O) groups is 1. The minimum Gasteiger partial charge on any atom is -0.295 e. The molecule has 1 aliphatic carbocycles. The Bertz CT molecular complexity index is 152. The standard InChI is InChI=1S/C8H12O/c1-6(5-7(2)9)8-3-4-8/h5,8H,3-4H2,1-2H3/b6-5-. The van der Waals surface area contributed by atoms with E-state index in [0.717, 1.165) is 5.92 Å². The summed E-state index contributed by atoms with van der Waals surface area (Å²) >= 11 is 0. The van der Waals surface area contributed by atoms with Gasteiger partial charge in [0.2, 0.25) is 0 Å². The van der Waals surface area contributed by atoms with Gasteiger partial charge in [-0.25, -0.2) is 0 Å². The van der Waals surface area contributed by atoms with Crippen LogP contribution < -0.4 is 0 Å². The third-order valence-corrected chi connectivity index (χ3v) is 1.65. The molecule has 1 saturated carbocycles. The first kappa shape index (κ1) is 6.53. The van der Waals surface area contributed by atoms with Crippen molar-refractivity contribution < 1.29 is 4.79 Å². The van der Waals surface area contributed by atoms with Crippen LogP contribution in [0.1, 0.15) is 26.7 Å². The van der Waals surface area contributed by atoms with Gasteiger partial charge in [0.1, 0.15) is 0 Å². The highest BCUT2D eigenvalue weighted by Gasteiger charge is 2.22. The van der Waals surface area contributed by atoms with Gasteiger partial charge in [0, 0.05) is 0 Å². The Morgan fingerprint density at radius 2 is 2.00 bits per heavy atom. The molecule has 0 N–H and O–H groups in total. The lowest BCUT2D eigenvalue weighted by molar-refractivity contribution is -0.112. The number of allylic oxidation sites excluding steroid dienone is 2. The fourth-order valence-electron chi connectivity index (χ4n) is 0.977. The fraction of sp³-hybridized carbons (Fsp3) is 0.625. The van der Waals surface area contributed by atoms with E-state index in [1.807, 2.05) is 6.92 Å². The normalized spacial score (nSPS) is 20.0. The topological polar surface area (TPSA) is 17.1 Å². The van der Waals surface area contributed by atoms with Crippen molar-refractivity contribution in [3.63, 3.8) is 0 Å². The second kappa shape index (κ2) is 2.34. The lowest BCUT2D eigenvalue weighted by Crippen LogP contribution is -1.86. The predicted molar refractivity (Wildman–Crippen MR) is 37.2 cm³/mol. The molecule has 0 unspecified atom stereocenters. The highest BCUT2D eigenvalue weighted by molar-refractivity contribution is 5.87. The molecular formula is C8H12O. The number of carbonyl (C=O) groups excluding carboxylic acids is 1. The maximum Gasteiger partial charge on any atom is 0.152 e. The van der Waals surface area contributed by atoms with Crippen molar-refractivity contribution in [3.8, 4) is 0 Å². The number of hydrogen-bond donors (Lipinski definition) is 0. The van der Waals surface area contributed by atoms with Crippen molar-refractivity contribution in [2.45, 2.75) is 26.7 Å². The monoisotopic (exact) mass is 124 g/mol. The Kier molecular flexibility index (Phi) is 1.70. The second-order valence-electron chi connectivity index (χ2n) is 2.77.